The third-order valence-electron chi connectivity index (χ3n) is 6.36. The van der Waals surface area contributed by atoms with Gasteiger partial charge in [-0.3, -0.25) is 4.79 Å². The first-order valence-corrected chi connectivity index (χ1v) is 12.7. The SMILES string of the molecule is COc1ccc(-c2nc(C(=O)N3CCC[C@@H]3CF)c([C@H](C)NC(=O)OC(C)(C)C)o2)c2ccc(C(F)(F)F)nc12. The maximum Gasteiger partial charge on any atom is 0.433 e. The Balaban J connectivity index is 1.83. The Morgan fingerprint density at radius 2 is 1.90 bits per heavy atom. The highest BCUT2D eigenvalue weighted by Gasteiger charge is 2.36. The number of carbonyl (C=O) groups is 2. The number of methoxy groups -OCH3 is 1. The van der Waals surface area contributed by atoms with E-state index in [4.69, 9.17) is 13.9 Å². The van der Waals surface area contributed by atoms with Crippen LogP contribution in [0.3, 0.4) is 0 Å². The van der Waals surface area contributed by atoms with E-state index >= 15 is 0 Å². The Bertz CT molecular complexity index is 1420. The number of likely N-dealkylation sites (tertiary alicyclic amines) is 1. The molecule has 1 N–H and O–H groups in total. The zero-order valence-electron chi connectivity index (χ0n) is 22.7. The number of alkyl halides is 4. The highest BCUT2D eigenvalue weighted by Crippen LogP contribution is 2.38. The van der Waals surface area contributed by atoms with Gasteiger partial charge in [-0.15, -0.1) is 0 Å². The molecule has 3 heterocycles. The third-order valence-corrected chi connectivity index (χ3v) is 6.36. The molecule has 4 rings (SSSR count). The zero-order valence-corrected chi connectivity index (χ0v) is 22.7. The molecule has 1 fully saturated rings. The minimum Gasteiger partial charge on any atom is -0.494 e. The molecule has 0 spiro atoms. The zero-order chi connectivity index (χ0) is 29.4. The van der Waals surface area contributed by atoms with E-state index in [1.165, 1.54) is 30.2 Å². The van der Waals surface area contributed by atoms with Crippen molar-refractivity contribution in [1.82, 2.24) is 20.2 Å². The number of hydrogen-bond donors (Lipinski definition) is 1. The molecule has 0 bridgehead atoms. The van der Waals surface area contributed by atoms with Gasteiger partial charge >= 0.3 is 12.3 Å². The van der Waals surface area contributed by atoms with E-state index in [1.54, 1.807) is 27.7 Å². The predicted molar refractivity (Wildman–Crippen MR) is 137 cm³/mol. The molecule has 9 nitrogen and oxygen atoms in total. The van der Waals surface area contributed by atoms with E-state index in [0.717, 1.165) is 6.07 Å². The lowest BCUT2D eigenvalue weighted by Crippen LogP contribution is -2.38. The van der Waals surface area contributed by atoms with Crippen LogP contribution in [0.2, 0.25) is 0 Å². The van der Waals surface area contributed by atoms with E-state index in [1.807, 2.05) is 0 Å². The number of nitrogens with zero attached hydrogens (tertiary/aromatic N) is 3. The summed E-state index contributed by atoms with van der Waals surface area (Å²) in [5, 5.41) is 2.84. The van der Waals surface area contributed by atoms with Gasteiger partial charge in [-0.1, -0.05) is 0 Å². The summed E-state index contributed by atoms with van der Waals surface area (Å²) in [6, 6.07) is 3.45. The highest BCUT2D eigenvalue weighted by molar-refractivity contribution is 5.98. The fourth-order valence-electron chi connectivity index (χ4n) is 4.54. The second-order valence-electron chi connectivity index (χ2n) is 10.5. The summed E-state index contributed by atoms with van der Waals surface area (Å²) < 4.78 is 70.3. The average molecular weight is 567 g/mol. The molecule has 0 radical (unpaired) electrons. The molecule has 2 amide bonds. The fourth-order valence-corrected chi connectivity index (χ4v) is 4.54. The van der Waals surface area contributed by atoms with Gasteiger partial charge in [-0.25, -0.2) is 19.2 Å². The van der Waals surface area contributed by atoms with Crippen molar-refractivity contribution in [3.05, 3.63) is 41.4 Å². The summed E-state index contributed by atoms with van der Waals surface area (Å²) >= 11 is 0. The summed E-state index contributed by atoms with van der Waals surface area (Å²) in [5.74, 6) is -0.602. The van der Waals surface area contributed by atoms with Crippen LogP contribution in [-0.4, -0.2) is 58.8 Å². The summed E-state index contributed by atoms with van der Waals surface area (Å²) in [7, 11) is 1.30. The Hall–Kier alpha value is -3.90. The largest absolute Gasteiger partial charge is 0.494 e. The van der Waals surface area contributed by atoms with Gasteiger partial charge in [0, 0.05) is 17.5 Å². The minimum absolute atomic E-state index is 0.0146. The first-order chi connectivity index (χ1) is 18.7. The maximum atomic E-state index is 13.6. The van der Waals surface area contributed by atoms with Crippen molar-refractivity contribution in [2.24, 2.45) is 0 Å². The molecular formula is C27H30F4N4O5. The molecule has 1 saturated heterocycles. The average Bonchev–Trinajstić information content (AvgIpc) is 3.53. The van der Waals surface area contributed by atoms with Gasteiger partial charge in [0.25, 0.3) is 5.91 Å². The number of benzene rings is 1. The molecular weight excluding hydrogens is 536 g/mol. The van der Waals surface area contributed by atoms with Crippen molar-refractivity contribution in [3.8, 4) is 17.2 Å². The highest BCUT2D eigenvalue weighted by atomic mass is 19.4. The van der Waals surface area contributed by atoms with Crippen LogP contribution in [0.1, 0.15) is 68.5 Å². The number of fused-ring (bicyclic) bond motifs is 1. The molecule has 1 aliphatic heterocycles. The van der Waals surface area contributed by atoms with Crippen LogP contribution in [-0.2, 0) is 10.9 Å². The van der Waals surface area contributed by atoms with Crippen molar-refractivity contribution in [3.63, 3.8) is 0 Å². The molecule has 0 aliphatic carbocycles. The molecule has 3 aromatic rings. The van der Waals surface area contributed by atoms with E-state index in [9.17, 15) is 27.2 Å². The van der Waals surface area contributed by atoms with Crippen LogP contribution in [0.25, 0.3) is 22.4 Å². The normalized spacial score (nSPS) is 16.7. The third kappa shape index (κ3) is 5.97. The second-order valence-corrected chi connectivity index (χ2v) is 10.5. The lowest BCUT2D eigenvalue weighted by molar-refractivity contribution is -0.140. The van der Waals surface area contributed by atoms with E-state index < -0.39 is 48.2 Å². The van der Waals surface area contributed by atoms with E-state index in [2.05, 4.69) is 15.3 Å². The maximum absolute atomic E-state index is 13.6. The smallest absolute Gasteiger partial charge is 0.433 e. The molecule has 216 valence electrons. The first kappa shape index (κ1) is 29.1. The van der Waals surface area contributed by atoms with Crippen molar-refractivity contribution in [1.29, 1.82) is 0 Å². The monoisotopic (exact) mass is 566 g/mol. The lowest BCUT2D eigenvalue weighted by Gasteiger charge is -2.23. The van der Waals surface area contributed by atoms with Crippen molar-refractivity contribution >= 4 is 22.9 Å². The summed E-state index contributed by atoms with van der Waals surface area (Å²) in [5.41, 5.74) is -1.89. The molecule has 1 aromatic carbocycles. The second kappa shape index (κ2) is 10.9. The number of amides is 2. The summed E-state index contributed by atoms with van der Waals surface area (Å²) in [4.78, 5) is 35.5. The van der Waals surface area contributed by atoms with Crippen molar-refractivity contribution in [2.75, 3.05) is 20.3 Å². The van der Waals surface area contributed by atoms with Gasteiger partial charge in [-0.05, 0) is 64.8 Å². The number of alkyl carbamates (subject to hydrolysis) is 1. The molecule has 13 heteroatoms. The number of oxazole rings is 1. The number of carbonyl (C=O) groups excluding carboxylic acids is 2. The Kier molecular flexibility index (Phi) is 7.95. The van der Waals surface area contributed by atoms with Gasteiger partial charge in [0.15, 0.2) is 11.5 Å². The molecule has 2 atom stereocenters. The quantitative estimate of drug-likeness (QED) is 0.361. The standard InChI is InChI=1S/C27H30F4N4O5/c1-14(32-25(37)40-26(2,3)4)22-21(24(36)35-12-6-7-15(35)13-28)34-23(39-22)17-8-10-18(38-5)20-16(17)9-11-19(33-20)27(29,30)31/h8-11,14-15H,6-7,12-13H2,1-5H3,(H,32,37)/t14-,15+/m0/s1. The summed E-state index contributed by atoms with van der Waals surface area (Å²) in [6.45, 7) is 6.22. The topological polar surface area (TPSA) is 107 Å². The van der Waals surface area contributed by atoms with Gasteiger partial charge in [0.05, 0.1) is 19.2 Å². The Morgan fingerprint density at radius 3 is 2.52 bits per heavy atom. The predicted octanol–water partition coefficient (Wildman–Crippen LogP) is 6.08. The van der Waals surface area contributed by atoms with Crippen LogP contribution in [0.15, 0.2) is 28.7 Å². The number of ether oxygens (including phenoxy) is 2. The Morgan fingerprint density at radius 1 is 1.18 bits per heavy atom. The lowest BCUT2D eigenvalue weighted by atomic mass is 10.1. The van der Waals surface area contributed by atoms with Crippen molar-refractivity contribution in [2.45, 2.75) is 64.4 Å². The molecule has 2 aromatic heterocycles. The molecule has 40 heavy (non-hydrogen) atoms. The van der Waals surface area contributed by atoms with Gasteiger partial charge in [0.2, 0.25) is 5.89 Å². The van der Waals surface area contributed by atoms with E-state index in [0.29, 0.717) is 19.4 Å². The van der Waals surface area contributed by atoms with Gasteiger partial charge < -0.3 is 24.1 Å². The van der Waals surface area contributed by atoms with Crippen LogP contribution in [0.5, 0.6) is 5.75 Å². The van der Waals surface area contributed by atoms with Crippen LogP contribution in [0.4, 0.5) is 22.4 Å². The number of hydrogen-bond acceptors (Lipinski definition) is 7. The van der Waals surface area contributed by atoms with Crippen LogP contribution < -0.4 is 10.1 Å². The number of nitrogens with one attached hydrogen (secondary N) is 1. The summed E-state index contributed by atoms with van der Waals surface area (Å²) in [6.07, 6.45) is -4.35. The van der Waals surface area contributed by atoms with Crippen LogP contribution in [0, 0.1) is 0 Å². The van der Waals surface area contributed by atoms with Gasteiger partial charge in [0.1, 0.15) is 29.2 Å². The number of aromatic nitrogens is 2. The van der Waals surface area contributed by atoms with E-state index in [-0.39, 0.29) is 39.6 Å². The minimum atomic E-state index is -4.68. The van der Waals surface area contributed by atoms with Crippen LogP contribution >= 0.6 is 0 Å². The molecule has 1 aliphatic rings. The Labute approximate surface area is 227 Å². The molecule has 0 saturated carbocycles. The molecule has 0 unspecified atom stereocenters. The number of halogens is 4. The number of pyridine rings is 1. The fraction of sp³-hybridized carbons (Fsp3) is 0.481. The van der Waals surface area contributed by atoms with Crippen molar-refractivity contribution < 1.29 is 41.0 Å². The first-order valence-electron chi connectivity index (χ1n) is 12.7. The van der Waals surface area contributed by atoms with Gasteiger partial charge in [-0.2, -0.15) is 13.2 Å². The number of rotatable bonds is 6.